The average molecular weight is 200 g/mol. The molecule has 0 saturated heterocycles. The summed E-state index contributed by atoms with van der Waals surface area (Å²) in [6.07, 6.45) is 0.894. The first-order valence-corrected chi connectivity index (χ1v) is 4.91. The smallest absolute Gasteiger partial charge is 0.146 e. The Bertz CT molecular complexity index is 193. The van der Waals surface area contributed by atoms with Crippen LogP contribution in [0.15, 0.2) is 0 Å². The van der Waals surface area contributed by atoms with Gasteiger partial charge in [0, 0.05) is 6.67 Å². The third-order valence-electron chi connectivity index (χ3n) is 2.22. The molecule has 0 rings (SSSR count). The minimum atomic E-state index is -0.165. The topological polar surface area (TPSA) is 58.2 Å². The average Bonchev–Trinajstić information content (AvgIpc) is 2.11. The maximum Gasteiger partial charge on any atom is 0.146 e. The number of nitrogens with one attached hydrogen (secondary N) is 2. The van der Waals surface area contributed by atoms with Gasteiger partial charge in [0.15, 0.2) is 0 Å². The molecule has 0 saturated carbocycles. The van der Waals surface area contributed by atoms with E-state index < -0.39 is 0 Å². The van der Waals surface area contributed by atoms with Crippen LogP contribution in [-0.4, -0.2) is 30.8 Å². The van der Waals surface area contributed by atoms with Crippen molar-refractivity contribution in [1.29, 1.82) is 0 Å². The van der Waals surface area contributed by atoms with E-state index >= 15 is 0 Å². The molecule has 2 atom stereocenters. The second kappa shape index (κ2) is 6.68. The van der Waals surface area contributed by atoms with Gasteiger partial charge < -0.3 is 4.79 Å². The summed E-state index contributed by atoms with van der Waals surface area (Å²) in [5.41, 5.74) is 0. The number of hydrogen-bond donors (Lipinski definition) is 2. The normalized spacial score (nSPS) is 15.2. The number of aldehydes is 1. The standard InChI is InChI=1S/C10H20N2O2/c1-7(2)10(5-13)12-6-11-8(3)9(4)14/h5,7-8,10-12H,6H2,1-4H3/t8-,10+/m0/s1. The lowest BCUT2D eigenvalue weighted by Crippen LogP contribution is -2.45. The van der Waals surface area contributed by atoms with E-state index in [1.165, 1.54) is 6.92 Å². The zero-order valence-electron chi connectivity index (χ0n) is 9.33. The molecule has 14 heavy (non-hydrogen) atoms. The van der Waals surface area contributed by atoms with Crippen molar-refractivity contribution in [2.75, 3.05) is 6.67 Å². The van der Waals surface area contributed by atoms with E-state index in [0.29, 0.717) is 6.67 Å². The molecular weight excluding hydrogens is 180 g/mol. The maximum absolute atomic E-state index is 10.9. The number of carbonyl (C=O) groups is 2. The molecule has 0 aromatic carbocycles. The molecule has 0 aromatic heterocycles. The Hall–Kier alpha value is -0.740. The van der Waals surface area contributed by atoms with Crippen LogP contribution < -0.4 is 10.6 Å². The molecule has 82 valence electrons. The lowest BCUT2D eigenvalue weighted by atomic mass is 10.1. The highest BCUT2D eigenvalue weighted by atomic mass is 16.1. The molecule has 0 fully saturated rings. The lowest BCUT2D eigenvalue weighted by Gasteiger charge is -2.18. The van der Waals surface area contributed by atoms with Gasteiger partial charge in [0.25, 0.3) is 0 Å². The first-order chi connectivity index (χ1) is 6.49. The van der Waals surface area contributed by atoms with Gasteiger partial charge in [-0.15, -0.1) is 0 Å². The van der Waals surface area contributed by atoms with E-state index in [4.69, 9.17) is 0 Å². The number of Topliss-reactive ketones (excluding diaryl/α,β-unsaturated/α-hetero) is 1. The number of carbonyl (C=O) groups excluding carboxylic acids is 2. The Labute approximate surface area is 85.4 Å². The summed E-state index contributed by atoms with van der Waals surface area (Å²) >= 11 is 0. The summed E-state index contributed by atoms with van der Waals surface area (Å²) in [4.78, 5) is 21.5. The number of rotatable bonds is 7. The molecule has 4 nitrogen and oxygen atoms in total. The second-order valence-electron chi connectivity index (χ2n) is 3.82. The van der Waals surface area contributed by atoms with Crippen LogP contribution >= 0.6 is 0 Å². The number of hydrogen-bond acceptors (Lipinski definition) is 4. The summed E-state index contributed by atoms with van der Waals surface area (Å²) in [5.74, 6) is 0.362. The van der Waals surface area contributed by atoms with Crippen molar-refractivity contribution in [3.05, 3.63) is 0 Å². The minimum absolute atomic E-state index is 0.0963. The third-order valence-corrected chi connectivity index (χ3v) is 2.22. The second-order valence-corrected chi connectivity index (χ2v) is 3.82. The molecule has 0 unspecified atom stereocenters. The van der Waals surface area contributed by atoms with Gasteiger partial charge in [-0.05, 0) is 19.8 Å². The molecule has 2 N–H and O–H groups in total. The molecule has 0 aliphatic heterocycles. The molecule has 4 heteroatoms. The third kappa shape index (κ3) is 5.09. The zero-order valence-corrected chi connectivity index (χ0v) is 9.33. The Morgan fingerprint density at radius 3 is 2.21 bits per heavy atom. The van der Waals surface area contributed by atoms with Gasteiger partial charge in [-0.1, -0.05) is 13.8 Å². The van der Waals surface area contributed by atoms with E-state index in [0.717, 1.165) is 6.29 Å². The van der Waals surface area contributed by atoms with E-state index in [2.05, 4.69) is 10.6 Å². The molecule has 0 amide bonds. The summed E-state index contributed by atoms with van der Waals surface area (Å²) in [5, 5.41) is 6.01. The molecule has 0 bridgehead atoms. The molecule has 0 spiro atoms. The Balaban J connectivity index is 3.71. The molecule has 0 aliphatic rings. The van der Waals surface area contributed by atoms with Gasteiger partial charge in [0.1, 0.15) is 12.1 Å². The van der Waals surface area contributed by atoms with Crippen LogP contribution in [0, 0.1) is 5.92 Å². The fraction of sp³-hybridized carbons (Fsp3) is 0.800. The highest BCUT2D eigenvalue weighted by Crippen LogP contribution is 1.96. The van der Waals surface area contributed by atoms with Gasteiger partial charge >= 0.3 is 0 Å². The van der Waals surface area contributed by atoms with Crippen molar-refractivity contribution < 1.29 is 9.59 Å². The fourth-order valence-electron chi connectivity index (χ4n) is 0.915. The summed E-state index contributed by atoms with van der Waals surface area (Å²) in [6.45, 7) is 7.76. The molecular formula is C10H20N2O2. The first kappa shape index (κ1) is 13.3. The van der Waals surface area contributed by atoms with Gasteiger partial charge in [0.05, 0.1) is 12.1 Å². The quantitative estimate of drug-likeness (QED) is 0.459. The van der Waals surface area contributed by atoms with Crippen LogP contribution in [0.1, 0.15) is 27.7 Å². The monoisotopic (exact) mass is 200 g/mol. The predicted molar refractivity (Wildman–Crippen MR) is 56.0 cm³/mol. The highest BCUT2D eigenvalue weighted by Gasteiger charge is 2.11. The largest absolute Gasteiger partial charge is 0.302 e. The van der Waals surface area contributed by atoms with Crippen molar-refractivity contribution >= 4 is 12.1 Å². The summed E-state index contributed by atoms with van der Waals surface area (Å²) in [6, 6.07) is -0.316. The summed E-state index contributed by atoms with van der Waals surface area (Å²) in [7, 11) is 0. The van der Waals surface area contributed by atoms with Crippen LogP contribution in [0.25, 0.3) is 0 Å². The lowest BCUT2D eigenvalue weighted by molar-refractivity contribution is -0.118. The molecule has 0 radical (unpaired) electrons. The Morgan fingerprint density at radius 2 is 1.86 bits per heavy atom. The summed E-state index contributed by atoms with van der Waals surface area (Å²) < 4.78 is 0. The fourth-order valence-corrected chi connectivity index (χ4v) is 0.915. The van der Waals surface area contributed by atoms with Crippen LogP contribution in [0.2, 0.25) is 0 Å². The van der Waals surface area contributed by atoms with Crippen molar-refractivity contribution in [3.63, 3.8) is 0 Å². The molecule has 0 aromatic rings. The van der Waals surface area contributed by atoms with Crippen molar-refractivity contribution in [2.45, 2.75) is 39.8 Å². The van der Waals surface area contributed by atoms with E-state index in [-0.39, 0.29) is 23.8 Å². The molecule has 0 aliphatic carbocycles. The van der Waals surface area contributed by atoms with Crippen molar-refractivity contribution in [3.8, 4) is 0 Å². The van der Waals surface area contributed by atoms with E-state index in [1.54, 1.807) is 6.92 Å². The van der Waals surface area contributed by atoms with Gasteiger partial charge in [-0.3, -0.25) is 15.4 Å². The Kier molecular flexibility index (Phi) is 6.32. The van der Waals surface area contributed by atoms with Gasteiger partial charge in [0.2, 0.25) is 0 Å². The van der Waals surface area contributed by atoms with Crippen LogP contribution in [-0.2, 0) is 9.59 Å². The van der Waals surface area contributed by atoms with Crippen LogP contribution in [0.4, 0.5) is 0 Å². The zero-order chi connectivity index (χ0) is 11.1. The highest BCUT2D eigenvalue weighted by molar-refractivity contribution is 5.80. The van der Waals surface area contributed by atoms with Gasteiger partial charge in [-0.2, -0.15) is 0 Å². The SMILES string of the molecule is CC(=O)[C@H](C)NCN[C@H](C=O)C(C)C. The molecule has 0 heterocycles. The van der Waals surface area contributed by atoms with Gasteiger partial charge in [-0.25, -0.2) is 0 Å². The van der Waals surface area contributed by atoms with Crippen molar-refractivity contribution in [2.24, 2.45) is 5.92 Å². The van der Waals surface area contributed by atoms with E-state index in [1.807, 2.05) is 13.8 Å². The number of ketones is 1. The predicted octanol–water partition coefficient (Wildman–Crippen LogP) is 0.324. The first-order valence-electron chi connectivity index (χ1n) is 4.91. The Morgan fingerprint density at radius 1 is 1.29 bits per heavy atom. The maximum atomic E-state index is 10.9. The van der Waals surface area contributed by atoms with Crippen LogP contribution in [0.3, 0.4) is 0 Å². The minimum Gasteiger partial charge on any atom is -0.302 e. The van der Waals surface area contributed by atoms with Crippen LogP contribution in [0.5, 0.6) is 0 Å². The van der Waals surface area contributed by atoms with Crippen molar-refractivity contribution in [1.82, 2.24) is 10.6 Å². The van der Waals surface area contributed by atoms with E-state index in [9.17, 15) is 9.59 Å².